The van der Waals surface area contributed by atoms with E-state index in [1.165, 1.54) is 12.0 Å². The van der Waals surface area contributed by atoms with E-state index in [-0.39, 0.29) is 0 Å². The van der Waals surface area contributed by atoms with Gasteiger partial charge in [0.05, 0.1) is 12.2 Å². The van der Waals surface area contributed by atoms with Crippen molar-refractivity contribution in [2.75, 3.05) is 19.6 Å². The van der Waals surface area contributed by atoms with Gasteiger partial charge in [0.1, 0.15) is 0 Å². The zero-order valence-corrected chi connectivity index (χ0v) is 12.7. The molecule has 108 valence electrons. The SMILES string of the molecule is CC1CC(C)CN(C(CN)c2cnn(C(C)C)c2)C1. The van der Waals surface area contributed by atoms with Gasteiger partial charge in [-0.05, 0) is 32.1 Å². The lowest BCUT2D eigenvalue weighted by molar-refractivity contribution is 0.0983. The first kappa shape index (κ1) is 14.5. The third-order valence-electron chi connectivity index (χ3n) is 4.10. The summed E-state index contributed by atoms with van der Waals surface area (Å²) in [5, 5.41) is 4.45. The van der Waals surface area contributed by atoms with Crippen molar-refractivity contribution in [2.45, 2.75) is 46.2 Å². The highest BCUT2D eigenvalue weighted by Gasteiger charge is 2.28. The maximum atomic E-state index is 6.03. The van der Waals surface area contributed by atoms with Crippen LogP contribution >= 0.6 is 0 Å². The fourth-order valence-electron chi connectivity index (χ4n) is 3.27. The van der Waals surface area contributed by atoms with Crippen molar-refractivity contribution in [3.8, 4) is 0 Å². The third kappa shape index (κ3) is 3.37. The fourth-order valence-corrected chi connectivity index (χ4v) is 3.27. The minimum absolute atomic E-state index is 0.317. The first-order valence-corrected chi connectivity index (χ1v) is 7.49. The van der Waals surface area contributed by atoms with E-state index in [0.29, 0.717) is 18.6 Å². The maximum absolute atomic E-state index is 6.03. The molecule has 19 heavy (non-hydrogen) atoms. The third-order valence-corrected chi connectivity index (χ3v) is 4.10. The van der Waals surface area contributed by atoms with Crippen LogP contribution in [0.25, 0.3) is 0 Å². The summed E-state index contributed by atoms with van der Waals surface area (Å²) in [5.74, 6) is 1.52. The Balaban J connectivity index is 2.14. The van der Waals surface area contributed by atoms with Crippen LogP contribution in [-0.4, -0.2) is 34.3 Å². The molecule has 4 nitrogen and oxygen atoms in total. The summed E-state index contributed by atoms with van der Waals surface area (Å²) >= 11 is 0. The summed E-state index contributed by atoms with van der Waals surface area (Å²) in [6.45, 7) is 12.0. The van der Waals surface area contributed by atoms with Crippen LogP contribution in [0.5, 0.6) is 0 Å². The molecule has 1 aromatic rings. The van der Waals surface area contributed by atoms with E-state index in [2.05, 4.69) is 43.9 Å². The Bertz CT molecular complexity index is 389. The summed E-state index contributed by atoms with van der Waals surface area (Å²) in [6.07, 6.45) is 5.48. The molecule has 0 amide bonds. The quantitative estimate of drug-likeness (QED) is 0.908. The van der Waals surface area contributed by atoms with Crippen molar-refractivity contribution in [3.05, 3.63) is 18.0 Å². The topological polar surface area (TPSA) is 47.1 Å². The fraction of sp³-hybridized carbons (Fsp3) is 0.800. The molecule has 1 aromatic heterocycles. The lowest BCUT2D eigenvalue weighted by Gasteiger charge is -2.39. The number of rotatable bonds is 4. The van der Waals surface area contributed by atoms with Gasteiger partial charge in [-0.25, -0.2) is 0 Å². The van der Waals surface area contributed by atoms with Gasteiger partial charge in [-0.3, -0.25) is 9.58 Å². The van der Waals surface area contributed by atoms with Crippen molar-refractivity contribution in [2.24, 2.45) is 17.6 Å². The van der Waals surface area contributed by atoms with E-state index >= 15 is 0 Å². The van der Waals surface area contributed by atoms with E-state index in [1.54, 1.807) is 0 Å². The number of hydrogen-bond donors (Lipinski definition) is 1. The lowest BCUT2D eigenvalue weighted by atomic mass is 9.90. The summed E-state index contributed by atoms with van der Waals surface area (Å²) in [4.78, 5) is 2.54. The number of nitrogens with zero attached hydrogens (tertiary/aromatic N) is 3. The van der Waals surface area contributed by atoms with Crippen LogP contribution in [0, 0.1) is 11.8 Å². The van der Waals surface area contributed by atoms with Gasteiger partial charge in [-0.2, -0.15) is 5.10 Å². The van der Waals surface area contributed by atoms with Crippen LogP contribution in [0.15, 0.2) is 12.4 Å². The van der Waals surface area contributed by atoms with Gasteiger partial charge in [0, 0.05) is 37.4 Å². The standard InChI is InChI=1S/C15H28N4/c1-11(2)19-10-14(7-17-19)15(6-16)18-8-12(3)5-13(4)9-18/h7,10-13,15H,5-6,8-9,16H2,1-4H3. The van der Waals surface area contributed by atoms with Crippen molar-refractivity contribution < 1.29 is 0 Å². The van der Waals surface area contributed by atoms with E-state index in [1.807, 2.05) is 10.9 Å². The first-order chi connectivity index (χ1) is 9.01. The number of piperidine rings is 1. The molecule has 0 spiro atoms. The monoisotopic (exact) mass is 264 g/mol. The van der Waals surface area contributed by atoms with Crippen LogP contribution in [0.1, 0.15) is 51.8 Å². The Hall–Kier alpha value is -0.870. The molecule has 1 aliphatic heterocycles. The van der Waals surface area contributed by atoms with Crippen molar-refractivity contribution >= 4 is 0 Å². The van der Waals surface area contributed by atoms with Gasteiger partial charge in [-0.1, -0.05) is 13.8 Å². The molecule has 1 aliphatic rings. The molecule has 1 saturated heterocycles. The second-order valence-corrected chi connectivity index (χ2v) is 6.50. The molecule has 2 heterocycles. The molecule has 3 atom stereocenters. The van der Waals surface area contributed by atoms with Crippen LogP contribution in [0.3, 0.4) is 0 Å². The highest BCUT2D eigenvalue weighted by atomic mass is 15.3. The average Bonchev–Trinajstić information content (AvgIpc) is 2.78. The smallest absolute Gasteiger partial charge is 0.0538 e. The van der Waals surface area contributed by atoms with Crippen molar-refractivity contribution in [1.82, 2.24) is 14.7 Å². The molecule has 3 unspecified atom stereocenters. The number of nitrogens with two attached hydrogens (primary N) is 1. The normalized spacial score (nSPS) is 26.8. The van der Waals surface area contributed by atoms with E-state index in [4.69, 9.17) is 5.73 Å². The molecule has 0 bridgehead atoms. The Morgan fingerprint density at radius 2 is 1.95 bits per heavy atom. The number of likely N-dealkylation sites (tertiary alicyclic amines) is 1. The summed E-state index contributed by atoms with van der Waals surface area (Å²) in [7, 11) is 0. The molecule has 0 aromatic carbocycles. The van der Waals surface area contributed by atoms with Gasteiger partial charge < -0.3 is 5.73 Å². The lowest BCUT2D eigenvalue weighted by Crippen LogP contribution is -2.43. The Morgan fingerprint density at radius 3 is 2.42 bits per heavy atom. The van der Waals surface area contributed by atoms with Crippen molar-refractivity contribution in [1.29, 1.82) is 0 Å². The molecular weight excluding hydrogens is 236 g/mol. The molecule has 1 fully saturated rings. The van der Waals surface area contributed by atoms with Crippen LogP contribution in [0.2, 0.25) is 0 Å². The number of hydrogen-bond acceptors (Lipinski definition) is 3. The molecule has 0 radical (unpaired) electrons. The molecule has 4 heteroatoms. The van der Waals surface area contributed by atoms with Crippen LogP contribution in [-0.2, 0) is 0 Å². The molecule has 0 saturated carbocycles. The largest absolute Gasteiger partial charge is 0.329 e. The molecular formula is C15H28N4. The van der Waals surface area contributed by atoms with Gasteiger partial charge in [0.15, 0.2) is 0 Å². The molecule has 2 rings (SSSR count). The van der Waals surface area contributed by atoms with Gasteiger partial charge in [0.25, 0.3) is 0 Å². The van der Waals surface area contributed by atoms with E-state index < -0.39 is 0 Å². The Morgan fingerprint density at radius 1 is 1.32 bits per heavy atom. The predicted molar refractivity (Wildman–Crippen MR) is 78.9 cm³/mol. The average molecular weight is 264 g/mol. The van der Waals surface area contributed by atoms with E-state index in [9.17, 15) is 0 Å². The van der Waals surface area contributed by atoms with Crippen molar-refractivity contribution in [3.63, 3.8) is 0 Å². The Labute approximate surface area is 117 Å². The predicted octanol–water partition coefficient (Wildman–Crippen LogP) is 2.44. The second kappa shape index (κ2) is 6.06. The van der Waals surface area contributed by atoms with Crippen LogP contribution < -0.4 is 5.73 Å². The number of aromatic nitrogens is 2. The molecule has 2 N–H and O–H groups in total. The summed E-state index contributed by atoms with van der Waals surface area (Å²) < 4.78 is 2.02. The minimum Gasteiger partial charge on any atom is -0.329 e. The van der Waals surface area contributed by atoms with Crippen LogP contribution in [0.4, 0.5) is 0 Å². The van der Waals surface area contributed by atoms with Gasteiger partial charge >= 0.3 is 0 Å². The van der Waals surface area contributed by atoms with Gasteiger partial charge in [-0.15, -0.1) is 0 Å². The summed E-state index contributed by atoms with van der Waals surface area (Å²) in [5.41, 5.74) is 7.29. The zero-order valence-electron chi connectivity index (χ0n) is 12.7. The highest BCUT2D eigenvalue weighted by molar-refractivity contribution is 5.12. The summed E-state index contributed by atoms with van der Waals surface area (Å²) in [6, 6.07) is 0.726. The Kier molecular flexibility index (Phi) is 4.63. The van der Waals surface area contributed by atoms with E-state index in [0.717, 1.165) is 24.9 Å². The van der Waals surface area contributed by atoms with Gasteiger partial charge in [0.2, 0.25) is 0 Å². The maximum Gasteiger partial charge on any atom is 0.0538 e. The minimum atomic E-state index is 0.317. The zero-order chi connectivity index (χ0) is 14.0. The molecule has 0 aliphatic carbocycles. The highest BCUT2D eigenvalue weighted by Crippen LogP contribution is 2.28. The second-order valence-electron chi connectivity index (χ2n) is 6.50. The first-order valence-electron chi connectivity index (χ1n) is 7.49.